The van der Waals surface area contributed by atoms with Gasteiger partial charge < -0.3 is 14.7 Å². The summed E-state index contributed by atoms with van der Waals surface area (Å²) in [5.41, 5.74) is 0.398. The van der Waals surface area contributed by atoms with Crippen LogP contribution in [0, 0.1) is 5.41 Å². The lowest BCUT2D eigenvalue weighted by Gasteiger charge is -2.32. The summed E-state index contributed by atoms with van der Waals surface area (Å²) in [6, 6.07) is 12.6. The molecule has 7 nitrogen and oxygen atoms in total. The highest BCUT2D eigenvalue weighted by Gasteiger charge is 2.40. The first-order valence-corrected chi connectivity index (χ1v) is 11.3. The molecule has 1 N–H and O–H groups in total. The first-order valence-electron chi connectivity index (χ1n) is 11.3. The van der Waals surface area contributed by atoms with Crippen LogP contribution in [0.1, 0.15) is 50.6 Å². The van der Waals surface area contributed by atoms with Gasteiger partial charge in [0.15, 0.2) is 0 Å². The molecule has 1 heterocycles. The van der Waals surface area contributed by atoms with Gasteiger partial charge >= 0.3 is 5.97 Å². The number of fused-ring (bicyclic) bond motifs is 1. The summed E-state index contributed by atoms with van der Waals surface area (Å²) in [7, 11) is 4.13. The molecule has 0 radical (unpaired) electrons. The van der Waals surface area contributed by atoms with Gasteiger partial charge in [-0.3, -0.25) is 4.79 Å². The third kappa shape index (κ3) is 4.48. The fourth-order valence-corrected chi connectivity index (χ4v) is 4.68. The van der Waals surface area contributed by atoms with E-state index < -0.39 is 11.4 Å². The summed E-state index contributed by atoms with van der Waals surface area (Å²) in [6.07, 6.45) is 7.71. The van der Waals surface area contributed by atoms with Crippen LogP contribution in [0.3, 0.4) is 0 Å². The van der Waals surface area contributed by atoms with E-state index in [0.29, 0.717) is 18.6 Å². The maximum atomic E-state index is 11.9. The van der Waals surface area contributed by atoms with Crippen LogP contribution in [0.4, 0.5) is 0 Å². The zero-order chi connectivity index (χ0) is 22.7. The van der Waals surface area contributed by atoms with E-state index in [1.54, 1.807) is 12.7 Å². The third-order valence-corrected chi connectivity index (χ3v) is 6.95. The number of benzene rings is 2. The van der Waals surface area contributed by atoms with Gasteiger partial charge in [-0.15, -0.1) is 0 Å². The Morgan fingerprint density at radius 2 is 1.88 bits per heavy atom. The Labute approximate surface area is 189 Å². The predicted molar refractivity (Wildman–Crippen MR) is 124 cm³/mol. The van der Waals surface area contributed by atoms with Gasteiger partial charge in [-0.1, -0.05) is 37.5 Å². The first-order chi connectivity index (χ1) is 15.4. The number of aliphatic carboxylic acids is 1. The number of ether oxygens (including phenoxy) is 1. The molecule has 1 fully saturated rings. The van der Waals surface area contributed by atoms with Crippen molar-refractivity contribution >= 4 is 16.7 Å². The number of hydrogen-bond acceptors (Lipinski definition) is 5. The van der Waals surface area contributed by atoms with Crippen LogP contribution >= 0.6 is 0 Å². The summed E-state index contributed by atoms with van der Waals surface area (Å²) in [5.74, 6) is -0.0252. The maximum absolute atomic E-state index is 11.9. The molecule has 0 bridgehead atoms. The molecular weight excluding hydrogens is 404 g/mol. The van der Waals surface area contributed by atoms with Gasteiger partial charge in [-0.25, -0.2) is 9.67 Å². The normalized spacial score (nSPS) is 17.9. The summed E-state index contributed by atoms with van der Waals surface area (Å²) in [4.78, 5) is 18.2. The molecule has 1 saturated carbocycles. The van der Waals surface area contributed by atoms with Crippen LogP contribution in [0.5, 0.6) is 5.75 Å². The van der Waals surface area contributed by atoms with Crippen molar-refractivity contribution in [3.05, 3.63) is 54.6 Å². The van der Waals surface area contributed by atoms with E-state index >= 15 is 0 Å². The Bertz CT molecular complexity index is 1060. The van der Waals surface area contributed by atoms with Crippen molar-refractivity contribution in [1.29, 1.82) is 0 Å². The van der Waals surface area contributed by atoms with E-state index in [1.165, 1.54) is 0 Å². The van der Waals surface area contributed by atoms with E-state index in [4.69, 9.17) is 4.74 Å². The molecule has 0 aliphatic heterocycles. The van der Waals surface area contributed by atoms with Crippen LogP contribution in [0.15, 0.2) is 49.1 Å². The zero-order valence-electron chi connectivity index (χ0n) is 19.1. The fourth-order valence-electron chi connectivity index (χ4n) is 4.68. The molecule has 32 heavy (non-hydrogen) atoms. The zero-order valence-corrected chi connectivity index (χ0v) is 19.1. The topological polar surface area (TPSA) is 80.5 Å². The lowest BCUT2D eigenvalue weighted by molar-refractivity contribution is -0.153. The van der Waals surface area contributed by atoms with Gasteiger partial charge in [0.05, 0.1) is 6.04 Å². The number of carboxylic acid groups (broad SMARTS) is 1. The number of aromatic nitrogens is 3. The highest BCUT2D eigenvalue weighted by molar-refractivity contribution is 5.84. The summed E-state index contributed by atoms with van der Waals surface area (Å²) < 4.78 is 7.92. The molecule has 170 valence electrons. The minimum atomic E-state index is -0.760. The number of carbonyl (C=O) groups is 1. The van der Waals surface area contributed by atoms with Crippen molar-refractivity contribution in [2.75, 3.05) is 20.7 Å². The average molecular weight is 437 g/mol. The maximum Gasteiger partial charge on any atom is 0.313 e. The van der Waals surface area contributed by atoms with Crippen molar-refractivity contribution in [3.63, 3.8) is 0 Å². The van der Waals surface area contributed by atoms with Crippen molar-refractivity contribution in [1.82, 2.24) is 19.7 Å². The number of nitrogens with zero attached hydrogens (tertiary/aromatic N) is 4. The number of rotatable bonds is 8. The van der Waals surface area contributed by atoms with Gasteiger partial charge in [0.25, 0.3) is 0 Å². The Kier molecular flexibility index (Phi) is 6.46. The molecule has 0 saturated heterocycles. The van der Waals surface area contributed by atoms with Crippen LogP contribution in [-0.4, -0.2) is 57.5 Å². The minimum Gasteiger partial charge on any atom is -0.492 e. The lowest BCUT2D eigenvalue weighted by Crippen LogP contribution is -2.38. The standard InChI is InChI=1S/C25H32N4O3/c1-18(28(2)3)23(29-17-26-16-27-29)21-8-7-20-14-22(10-9-19(20)13-21)32-15-25(24(30)31)11-5-4-6-12-25/h7-10,13-14,16-18,23H,4-6,11-12,15H2,1-3H3,(H,30,31). The second kappa shape index (κ2) is 9.28. The van der Waals surface area contributed by atoms with Crippen LogP contribution in [0.25, 0.3) is 10.8 Å². The smallest absolute Gasteiger partial charge is 0.313 e. The van der Waals surface area contributed by atoms with Crippen molar-refractivity contribution in [3.8, 4) is 5.75 Å². The van der Waals surface area contributed by atoms with E-state index in [2.05, 4.69) is 54.2 Å². The van der Waals surface area contributed by atoms with Gasteiger partial charge in [-0.05, 0) is 68.4 Å². The highest BCUT2D eigenvalue weighted by Crippen LogP contribution is 2.37. The molecule has 2 aromatic carbocycles. The van der Waals surface area contributed by atoms with Crippen molar-refractivity contribution < 1.29 is 14.6 Å². The summed E-state index contributed by atoms with van der Waals surface area (Å²) in [5, 5.41) is 16.4. The fraction of sp³-hybridized carbons (Fsp3) is 0.480. The molecule has 2 unspecified atom stereocenters. The van der Waals surface area contributed by atoms with E-state index in [0.717, 1.165) is 35.6 Å². The summed E-state index contributed by atoms with van der Waals surface area (Å²) in [6.45, 7) is 2.40. The van der Waals surface area contributed by atoms with Gasteiger partial charge in [0, 0.05) is 6.04 Å². The molecular formula is C25H32N4O3. The number of carboxylic acids is 1. The predicted octanol–water partition coefficient (Wildman–Crippen LogP) is 4.38. The van der Waals surface area contributed by atoms with E-state index in [1.807, 2.05) is 22.9 Å². The van der Waals surface area contributed by atoms with Crippen molar-refractivity contribution in [2.45, 2.75) is 51.1 Å². The molecule has 1 aliphatic rings. The largest absolute Gasteiger partial charge is 0.492 e. The number of likely N-dealkylation sites (N-methyl/N-ethyl adjacent to an activating group) is 1. The Morgan fingerprint density at radius 3 is 2.53 bits per heavy atom. The van der Waals surface area contributed by atoms with Crippen LogP contribution < -0.4 is 4.74 Å². The molecule has 1 aromatic heterocycles. The monoisotopic (exact) mass is 436 g/mol. The molecule has 4 rings (SSSR count). The minimum absolute atomic E-state index is 0.0366. The Hall–Kier alpha value is -2.93. The quantitative estimate of drug-likeness (QED) is 0.564. The van der Waals surface area contributed by atoms with E-state index in [9.17, 15) is 9.90 Å². The SMILES string of the molecule is CC(C(c1ccc2cc(OCC3(C(=O)O)CCCCC3)ccc2c1)n1cncn1)N(C)C. The first kappa shape index (κ1) is 22.3. The number of hydrogen-bond donors (Lipinski definition) is 1. The molecule has 3 aromatic rings. The van der Waals surface area contributed by atoms with Gasteiger partial charge in [0.2, 0.25) is 0 Å². The molecule has 0 spiro atoms. The molecule has 2 atom stereocenters. The van der Waals surface area contributed by atoms with Crippen LogP contribution in [-0.2, 0) is 4.79 Å². The molecule has 0 amide bonds. The van der Waals surface area contributed by atoms with Gasteiger partial charge in [0.1, 0.15) is 30.4 Å². The average Bonchev–Trinajstić information content (AvgIpc) is 3.32. The molecule has 7 heteroatoms. The Morgan fingerprint density at radius 1 is 1.16 bits per heavy atom. The lowest BCUT2D eigenvalue weighted by atomic mass is 9.75. The second-order valence-corrected chi connectivity index (χ2v) is 9.23. The molecule has 1 aliphatic carbocycles. The second-order valence-electron chi connectivity index (χ2n) is 9.23. The van der Waals surface area contributed by atoms with Crippen LogP contribution in [0.2, 0.25) is 0 Å². The highest BCUT2D eigenvalue weighted by atomic mass is 16.5. The van der Waals surface area contributed by atoms with E-state index in [-0.39, 0.29) is 18.7 Å². The third-order valence-electron chi connectivity index (χ3n) is 6.95. The van der Waals surface area contributed by atoms with Gasteiger partial charge in [-0.2, -0.15) is 5.10 Å². The van der Waals surface area contributed by atoms with Crippen molar-refractivity contribution in [2.24, 2.45) is 5.41 Å². The Balaban J connectivity index is 1.57. The summed E-state index contributed by atoms with van der Waals surface area (Å²) >= 11 is 0.